The Morgan fingerprint density at radius 2 is 2.09 bits per heavy atom. The van der Waals surface area contributed by atoms with E-state index in [1.54, 1.807) is 12.1 Å². The van der Waals surface area contributed by atoms with Crippen LogP contribution in [0.5, 0.6) is 0 Å². The predicted molar refractivity (Wildman–Crippen MR) is 90.3 cm³/mol. The van der Waals surface area contributed by atoms with Gasteiger partial charge in [0.1, 0.15) is 11.6 Å². The summed E-state index contributed by atoms with van der Waals surface area (Å²) >= 11 is 8.60. The lowest BCUT2D eigenvalue weighted by Gasteiger charge is -2.05. The van der Waals surface area contributed by atoms with E-state index in [9.17, 15) is 13.6 Å². The Balaban J connectivity index is 1.63. The largest absolute Gasteiger partial charge is 0.323 e. The highest BCUT2D eigenvalue weighted by atomic mass is 35.5. The minimum absolute atomic E-state index is 0.0481. The lowest BCUT2D eigenvalue weighted by Crippen LogP contribution is -2.15. The van der Waals surface area contributed by atoms with Crippen LogP contribution in [0.25, 0.3) is 10.2 Å². The van der Waals surface area contributed by atoms with Crippen molar-refractivity contribution in [1.82, 2.24) is 4.98 Å². The SMILES string of the molecule is O=C(CSc1nc2cc(Cl)ccc2s1)Nc1ccc(F)cc1F. The number of carbonyl (C=O) groups is 1. The van der Waals surface area contributed by atoms with Crippen molar-refractivity contribution in [2.24, 2.45) is 0 Å². The molecule has 1 heterocycles. The molecule has 23 heavy (non-hydrogen) atoms. The third kappa shape index (κ3) is 3.99. The van der Waals surface area contributed by atoms with Crippen LogP contribution in [0, 0.1) is 11.6 Å². The van der Waals surface area contributed by atoms with Crippen LogP contribution in [0.4, 0.5) is 14.5 Å². The van der Waals surface area contributed by atoms with Crippen molar-refractivity contribution in [2.45, 2.75) is 4.34 Å². The fraction of sp³-hybridized carbons (Fsp3) is 0.0667. The second-order valence-electron chi connectivity index (χ2n) is 4.55. The standard InChI is InChI=1S/C15H9ClF2N2OS2/c16-8-1-4-13-12(5-8)20-15(23-13)22-7-14(21)19-11-3-2-9(17)6-10(11)18/h1-6H,7H2,(H,19,21). The van der Waals surface area contributed by atoms with E-state index in [1.165, 1.54) is 29.2 Å². The minimum atomic E-state index is -0.807. The normalized spacial score (nSPS) is 10.9. The number of nitrogens with zero attached hydrogens (tertiary/aromatic N) is 1. The van der Waals surface area contributed by atoms with Crippen LogP contribution in [0.15, 0.2) is 40.7 Å². The van der Waals surface area contributed by atoms with Crippen molar-refractivity contribution in [1.29, 1.82) is 0 Å². The van der Waals surface area contributed by atoms with Gasteiger partial charge in [0.25, 0.3) is 0 Å². The predicted octanol–water partition coefficient (Wildman–Crippen LogP) is 4.96. The van der Waals surface area contributed by atoms with Gasteiger partial charge in [-0.05, 0) is 30.3 Å². The Kier molecular flexibility index (Phi) is 4.79. The van der Waals surface area contributed by atoms with Crippen LogP contribution in [-0.2, 0) is 4.79 Å². The first-order valence-electron chi connectivity index (χ1n) is 6.45. The van der Waals surface area contributed by atoms with E-state index < -0.39 is 17.5 Å². The second-order valence-corrected chi connectivity index (χ2v) is 7.24. The number of benzene rings is 2. The number of rotatable bonds is 4. The van der Waals surface area contributed by atoms with E-state index in [2.05, 4.69) is 10.3 Å². The van der Waals surface area contributed by atoms with E-state index in [-0.39, 0.29) is 11.4 Å². The van der Waals surface area contributed by atoms with E-state index in [1.807, 2.05) is 6.07 Å². The van der Waals surface area contributed by atoms with Gasteiger partial charge < -0.3 is 5.32 Å². The highest BCUT2D eigenvalue weighted by molar-refractivity contribution is 8.01. The monoisotopic (exact) mass is 370 g/mol. The Bertz CT molecular complexity index is 885. The van der Waals surface area contributed by atoms with Gasteiger partial charge in [-0.2, -0.15) is 0 Å². The molecule has 0 atom stereocenters. The van der Waals surface area contributed by atoms with Crippen molar-refractivity contribution in [3.63, 3.8) is 0 Å². The number of anilines is 1. The molecule has 3 nitrogen and oxygen atoms in total. The van der Waals surface area contributed by atoms with Gasteiger partial charge in [0, 0.05) is 11.1 Å². The van der Waals surface area contributed by atoms with E-state index >= 15 is 0 Å². The van der Waals surface area contributed by atoms with Gasteiger partial charge in [0.15, 0.2) is 4.34 Å². The number of amides is 1. The third-order valence-electron chi connectivity index (χ3n) is 2.86. The average molecular weight is 371 g/mol. The first-order valence-corrected chi connectivity index (χ1v) is 8.63. The van der Waals surface area contributed by atoms with Gasteiger partial charge in [-0.25, -0.2) is 13.8 Å². The number of hydrogen-bond donors (Lipinski definition) is 1. The number of nitrogens with one attached hydrogen (secondary N) is 1. The van der Waals surface area contributed by atoms with Gasteiger partial charge in [0.05, 0.1) is 21.7 Å². The molecule has 8 heteroatoms. The third-order valence-corrected chi connectivity index (χ3v) is 5.28. The number of aromatic nitrogens is 1. The Morgan fingerprint density at radius 3 is 2.87 bits per heavy atom. The topological polar surface area (TPSA) is 42.0 Å². The van der Waals surface area contributed by atoms with E-state index in [4.69, 9.17) is 11.6 Å². The highest BCUT2D eigenvalue weighted by Crippen LogP contribution is 2.31. The molecule has 0 aliphatic rings. The van der Waals surface area contributed by atoms with E-state index in [0.717, 1.165) is 26.7 Å². The van der Waals surface area contributed by atoms with Crippen molar-refractivity contribution in [3.05, 3.63) is 53.1 Å². The quantitative estimate of drug-likeness (QED) is 0.660. The molecule has 0 unspecified atom stereocenters. The number of hydrogen-bond acceptors (Lipinski definition) is 4. The van der Waals surface area contributed by atoms with Crippen LogP contribution in [0.2, 0.25) is 5.02 Å². The Hall–Kier alpha value is -1.70. The van der Waals surface area contributed by atoms with Crippen molar-refractivity contribution in [2.75, 3.05) is 11.1 Å². The zero-order chi connectivity index (χ0) is 16.4. The molecule has 0 aliphatic heterocycles. The lowest BCUT2D eigenvalue weighted by atomic mass is 10.3. The second kappa shape index (κ2) is 6.82. The summed E-state index contributed by atoms with van der Waals surface area (Å²) in [5, 5.41) is 3.01. The molecule has 1 amide bonds. The fourth-order valence-corrected chi connectivity index (χ4v) is 3.86. The molecule has 0 saturated carbocycles. The lowest BCUT2D eigenvalue weighted by molar-refractivity contribution is -0.113. The first-order chi connectivity index (χ1) is 11.0. The van der Waals surface area contributed by atoms with Crippen LogP contribution >= 0.6 is 34.7 Å². The molecule has 0 bridgehead atoms. The van der Waals surface area contributed by atoms with Gasteiger partial charge in [0.2, 0.25) is 5.91 Å². The number of carbonyl (C=O) groups excluding carboxylic acids is 1. The maximum Gasteiger partial charge on any atom is 0.234 e. The van der Waals surface area contributed by atoms with E-state index in [0.29, 0.717) is 5.02 Å². The molecule has 118 valence electrons. The highest BCUT2D eigenvalue weighted by Gasteiger charge is 2.11. The Morgan fingerprint density at radius 1 is 1.26 bits per heavy atom. The van der Waals surface area contributed by atoms with Crippen molar-refractivity contribution in [3.8, 4) is 0 Å². The summed E-state index contributed by atoms with van der Waals surface area (Å²) in [6.07, 6.45) is 0. The molecule has 1 aromatic heterocycles. The van der Waals surface area contributed by atoms with Crippen molar-refractivity contribution >= 4 is 56.5 Å². The van der Waals surface area contributed by atoms with Gasteiger partial charge in [-0.1, -0.05) is 23.4 Å². The van der Waals surface area contributed by atoms with Crippen LogP contribution in [-0.4, -0.2) is 16.6 Å². The summed E-state index contributed by atoms with van der Waals surface area (Å²) < 4.78 is 28.0. The summed E-state index contributed by atoms with van der Waals surface area (Å²) in [5.41, 5.74) is 0.725. The molecular formula is C15H9ClF2N2OS2. The van der Waals surface area contributed by atoms with Gasteiger partial charge in [-0.15, -0.1) is 11.3 Å². The fourth-order valence-electron chi connectivity index (χ4n) is 1.85. The maximum absolute atomic E-state index is 13.5. The zero-order valence-electron chi connectivity index (χ0n) is 11.5. The maximum atomic E-state index is 13.5. The molecule has 1 N–H and O–H groups in total. The minimum Gasteiger partial charge on any atom is -0.323 e. The molecule has 3 rings (SSSR count). The summed E-state index contributed by atoms with van der Waals surface area (Å²) in [6.45, 7) is 0. The van der Waals surface area contributed by atoms with Crippen LogP contribution in [0.3, 0.4) is 0 Å². The number of halogens is 3. The summed E-state index contributed by atoms with van der Waals surface area (Å²) in [7, 11) is 0. The van der Waals surface area contributed by atoms with Crippen molar-refractivity contribution < 1.29 is 13.6 Å². The molecule has 0 radical (unpaired) electrons. The molecule has 3 aromatic rings. The molecule has 0 spiro atoms. The summed E-state index contributed by atoms with van der Waals surface area (Å²) in [6, 6.07) is 8.40. The molecule has 0 aliphatic carbocycles. The summed E-state index contributed by atoms with van der Waals surface area (Å²) in [5.74, 6) is -1.82. The number of thiazole rings is 1. The molecule has 0 saturated heterocycles. The van der Waals surface area contributed by atoms with Crippen LogP contribution in [0.1, 0.15) is 0 Å². The van der Waals surface area contributed by atoms with Gasteiger partial charge >= 0.3 is 0 Å². The number of fused-ring (bicyclic) bond motifs is 1. The zero-order valence-corrected chi connectivity index (χ0v) is 13.9. The first kappa shape index (κ1) is 16.2. The summed E-state index contributed by atoms with van der Waals surface area (Å²) in [4.78, 5) is 16.2. The number of thioether (sulfide) groups is 1. The molecule has 2 aromatic carbocycles. The van der Waals surface area contributed by atoms with Gasteiger partial charge in [-0.3, -0.25) is 4.79 Å². The average Bonchev–Trinajstić information content (AvgIpc) is 2.90. The molecular weight excluding hydrogens is 362 g/mol. The molecule has 0 fully saturated rings. The smallest absolute Gasteiger partial charge is 0.234 e. The Labute approximate surface area is 143 Å². The van der Waals surface area contributed by atoms with Crippen LogP contribution < -0.4 is 5.32 Å².